The van der Waals surface area contributed by atoms with Crippen molar-refractivity contribution in [1.29, 1.82) is 5.26 Å². The van der Waals surface area contributed by atoms with Crippen molar-refractivity contribution in [3.8, 4) is 23.3 Å². The third-order valence-electron chi connectivity index (χ3n) is 5.14. The SMILES string of the molecule is N#CCOC(=O)CC1=CCCc2cc(OCc3cccc(Oc4ccccc4)c3)ccc21. The summed E-state index contributed by atoms with van der Waals surface area (Å²) < 4.78 is 16.8. The summed E-state index contributed by atoms with van der Waals surface area (Å²) in [7, 11) is 0. The van der Waals surface area contributed by atoms with Gasteiger partial charge in [-0.2, -0.15) is 5.26 Å². The second-order valence-corrected chi connectivity index (χ2v) is 7.43. The van der Waals surface area contributed by atoms with E-state index >= 15 is 0 Å². The van der Waals surface area contributed by atoms with Gasteiger partial charge in [0.25, 0.3) is 0 Å². The van der Waals surface area contributed by atoms with Gasteiger partial charge in [-0.3, -0.25) is 4.79 Å². The molecule has 0 fully saturated rings. The van der Waals surface area contributed by atoms with Crippen molar-refractivity contribution in [2.24, 2.45) is 0 Å². The van der Waals surface area contributed by atoms with Gasteiger partial charge in [0.05, 0.1) is 6.42 Å². The van der Waals surface area contributed by atoms with Crippen LogP contribution in [0.1, 0.15) is 29.5 Å². The summed E-state index contributed by atoms with van der Waals surface area (Å²) in [6, 6.07) is 25.3. The molecule has 0 heterocycles. The number of benzene rings is 3. The molecule has 1 aliphatic rings. The van der Waals surface area contributed by atoms with Crippen LogP contribution < -0.4 is 9.47 Å². The molecular weight excluding hydrogens is 402 g/mol. The molecule has 160 valence electrons. The summed E-state index contributed by atoms with van der Waals surface area (Å²) in [5.74, 6) is 1.96. The van der Waals surface area contributed by atoms with Gasteiger partial charge in [0, 0.05) is 0 Å². The topological polar surface area (TPSA) is 68.5 Å². The van der Waals surface area contributed by atoms with E-state index in [0.717, 1.165) is 52.4 Å². The van der Waals surface area contributed by atoms with Crippen molar-refractivity contribution in [1.82, 2.24) is 0 Å². The van der Waals surface area contributed by atoms with Crippen LogP contribution in [0.15, 0.2) is 78.9 Å². The monoisotopic (exact) mass is 425 g/mol. The van der Waals surface area contributed by atoms with Crippen LogP contribution in [-0.2, 0) is 22.6 Å². The van der Waals surface area contributed by atoms with E-state index in [9.17, 15) is 4.79 Å². The number of ether oxygens (including phenoxy) is 3. The van der Waals surface area contributed by atoms with Crippen LogP contribution in [0.5, 0.6) is 17.2 Å². The first-order valence-corrected chi connectivity index (χ1v) is 10.5. The Morgan fingerprint density at radius 3 is 2.62 bits per heavy atom. The molecule has 5 heteroatoms. The zero-order valence-corrected chi connectivity index (χ0v) is 17.6. The zero-order chi connectivity index (χ0) is 22.2. The number of allylic oxidation sites excluding steroid dienone is 1. The highest BCUT2D eigenvalue weighted by Crippen LogP contribution is 2.32. The van der Waals surface area contributed by atoms with Crippen LogP contribution in [0.2, 0.25) is 0 Å². The number of hydrogen-bond donors (Lipinski definition) is 0. The van der Waals surface area contributed by atoms with E-state index in [2.05, 4.69) is 6.08 Å². The Hall–Kier alpha value is -4.04. The smallest absolute Gasteiger partial charge is 0.311 e. The van der Waals surface area contributed by atoms with Crippen molar-refractivity contribution in [2.45, 2.75) is 25.9 Å². The first-order chi connectivity index (χ1) is 15.7. The van der Waals surface area contributed by atoms with Crippen LogP contribution >= 0.6 is 0 Å². The maximum atomic E-state index is 11.9. The quantitative estimate of drug-likeness (QED) is 0.424. The summed E-state index contributed by atoms with van der Waals surface area (Å²) in [6.45, 7) is 0.206. The fourth-order valence-corrected chi connectivity index (χ4v) is 3.67. The number of nitrogens with zero attached hydrogens (tertiary/aromatic N) is 1. The fourth-order valence-electron chi connectivity index (χ4n) is 3.67. The maximum Gasteiger partial charge on any atom is 0.311 e. The Labute approximate surface area is 187 Å². The van der Waals surface area contributed by atoms with Crippen molar-refractivity contribution >= 4 is 11.5 Å². The van der Waals surface area contributed by atoms with E-state index in [-0.39, 0.29) is 19.0 Å². The molecule has 32 heavy (non-hydrogen) atoms. The van der Waals surface area contributed by atoms with Crippen molar-refractivity contribution < 1.29 is 19.0 Å². The summed E-state index contributed by atoms with van der Waals surface area (Å²) in [5, 5.41) is 8.56. The molecule has 0 saturated heterocycles. The number of hydrogen-bond acceptors (Lipinski definition) is 5. The lowest BCUT2D eigenvalue weighted by atomic mass is 9.89. The maximum absolute atomic E-state index is 11.9. The largest absolute Gasteiger partial charge is 0.489 e. The van der Waals surface area contributed by atoms with Gasteiger partial charge >= 0.3 is 5.97 Å². The molecule has 0 radical (unpaired) electrons. The van der Waals surface area contributed by atoms with E-state index in [4.69, 9.17) is 19.5 Å². The summed E-state index contributed by atoms with van der Waals surface area (Å²) >= 11 is 0. The molecule has 0 unspecified atom stereocenters. The van der Waals surface area contributed by atoms with Gasteiger partial charge in [-0.25, -0.2) is 0 Å². The molecule has 0 amide bonds. The third kappa shape index (κ3) is 5.55. The molecule has 3 aromatic rings. The number of rotatable bonds is 8. The van der Waals surface area contributed by atoms with Gasteiger partial charge in [-0.15, -0.1) is 0 Å². The second kappa shape index (κ2) is 10.3. The number of carbonyl (C=O) groups excluding carboxylic acids is 1. The Bertz CT molecular complexity index is 1160. The van der Waals surface area contributed by atoms with E-state index in [1.165, 1.54) is 0 Å². The molecule has 0 atom stereocenters. The Morgan fingerprint density at radius 1 is 0.938 bits per heavy atom. The molecule has 5 nitrogen and oxygen atoms in total. The number of para-hydroxylation sites is 1. The molecular formula is C27H23NO4. The number of nitriles is 1. The molecule has 0 aliphatic heterocycles. The summed E-state index contributed by atoms with van der Waals surface area (Å²) in [6.07, 6.45) is 3.98. The molecule has 0 aromatic heterocycles. The van der Waals surface area contributed by atoms with E-state index in [0.29, 0.717) is 6.61 Å². The van der Waals surface area contributed by atoms with Crippen LogP contribution in [0, 0.1) is 11.3 Å². The highest BCUT2D eigenvalue weighted by molar-refractivity contribution is 5.86. The van der Waals surface area contributed by atoms with Crippen LogP contribution in [0.3, 0.4) is 0 Å². The zero-order valence-electron chi connectivity index (χ0n) is 17.6. The predicted octanol–water partition coefficient (Wildman–Crippen LogP) is 5.84. The summed E-state index contributed by atoms with van der Waals surface area (Å²) in [4.78, 5) is 11.9. The Morgan fingerprint density at radius 2 is 1.78 bits per heavy atom. The first-order valence-electron chi connectivity index (χ1n) is 10.5. The Kier molecular flexibility index (Phi) is 6.84. The molecule has 0 N–H and O–H groups in total. The number of aryl methyl sites for hydroxylation is 1. The first kappa shape index (κ1) is 21.2. The van der Waals surface area contributed by atoms with Gasteiger partial charge in [-0.05, 0) is 71.5 Å². The highest BCUT2D eigenvalue weighted by atomic mass is 16.5. The molecule has 4 rings (SSSR count). The lowest BCUT2D eigenvalue weighted by molar-refractivity contribution is -0.140. The third-order valence-corrected chi connectivity index (χ3v) is 5.14. The summed E-state index contributed by atoms with van der Waals surface area (Å²) in [5.41, 5.74) is 4.13. The standard InChI is InChI=1S/C27H23NO4/c28-14-15-30-27(29)18-22-8-5-7-21-17-24(12-13-26(21)22)31-19-20-6-4-11-25(16-20)32-23-9-2-1-3-10-23/h1-4,6,8-13,16-17H,5,7,15,18-19H2. The van der Waals surface area contributed by atoms with Gasteiger partial charge in [0.2, 0.25) is 0 Å². The molecule has 0 saturated carbocycles. The number of fused-ring (bicyclic) bond motifs is 1. The normalized spacial score (nSPS) is 12.2. The molecule has 0 spiro atoms. The van der Waals surface area contributed by atoms with Crippen LogP contribution in [-0.4, -0.2) is 12.6 Å². The van der Waals surface area contributed by atoms with Gasteiger partial charge in [0.15, 0.2) is 6.61 Å². The van der Waals surface area contributed by atoms with Gasteiger partial charge < -0.3 is 14.2 Å². The van der Waals surface area contributed by atoms with E-state index in [1.54, 1.807) is 0 Å². The average molecular weight is 425 g/mol. The van der Waals surface area contributed by atoms with Crippen LogP contribution in [0.25, 0.3) is 5.57 Å². The second-order valence-electron chi connectivity index (χ2n) is 7.43. The van der Waals surface area contributed by atoms with Gasteiger partial charge in [-0.1, -0.05) is 42.5 Å². The Balaban J connectivity index is 1.39. The molecule has 1 aliphatic carbocycles. The van der Waals surface area contributed by atoms with E-state index < -0.39 is 0 Å². The lowest BCUT2D eigenvalue weighted by Crippen LogP contribution is -2.09. The molecule has 0 bridgehead atoms. The number of carbonyl (C=O) groups is 1. The lowest BCUT2D eigenvalue weighted by Gasteiger charge is -2.18. The van der Waals surface area contributed by atoms with Crippen LogP contribution in [0.4, 0.5) is 0 Å². The minimum absolute atomic E-state index is 0.170. The minimum atomic E-state index is -0.386. The number of esters is 1. The van der Waals surface area contributed by atoms with Gasteiger partial charge in [0.1, 0.15) is 29.9 Å². The predicted molar refractivity (Wildman–Crippen MR) is 121 cm³/mol. The minimum Gasteiger partial charge on any atom is -0.489 e. The van der Waals surface area contributed by atoms with Crippen molar-refractivity contribution in [2.75, 3.05) is 6.61 Å². The van der Waals surface area contributed by atoms with Crippen molar-refractivity contribution in [3.05, 3.63) is 95.6 Å². The van der Waals surface area contributed by atoms with E-state index in [1.807, 2.05) is 78.9 Å². The molecule has 3 aromatic carbocycles. The highest BCUT2D eigenvalue weighted by Gasteiger charge is 2.17. The average Bonchev–Trinajstić information content (AvgIpc) is 2.82. The fraction of sp³-hybridized carbons (Fsp3) is 0.185. The van der Waals surface area contributed by atoms with Crippen molar-refractivity contribution in [3.63, 3.8) is 0 Å².